The molecule has 2 aliphatic rings. The number of hydrogen-bond acceptors (Lipinski definition) is 7. The summed E-state index contributed by atoms with van der Waals surface area (Å²) in [5, 5.41) is 23.6. The maximum absolute atomic E-state index is 15.4. The van der Waals surface area contributed by atoms with Gasteiger partial charge in [-0.25, -0.2) is 19.2 Å². The molecule has 186 valence electrons. The molecule has 0 spiro atoms. The highest BCUT2D eigenvalue weighted by atomic mass is 19.1. The fourth-order valence-corrected chi connectivity index (χ4v) is 5.03. The number of fused-ring (bicyclic) bond motifs is 2. The average Bonchev–Trinajstić information content (AvgIpc) is 2.83. The Bertz CT molecular complexity index is 1430. The lowest BCUT2D eigenvalue weighted by molar-refractivity contribution is 0.133. The third kappa shape index (κ3) is 3.71. The zero-order valence-electron chi connectivity index (χ0n) is 20.3. The predicted molar refractivity (Wildman–Crippen MR) is 134 cm³/mol. The summed E-state index contributed by atoms with van der Waals surface area (Å²) < 4.78 is 21.0. The lowest BCUT2D eigenvalue weighted by Crippen LogP contribution is -2.51. The van der Waals surface area contributed by atoms with Gasteiger partial charge in [0.05, 0.1) is 17.2 Å². The minimum atomic E-state index is -1.13. The molecule has 0 atom stereocenters. The van der Waals surface area contributed by atoms with Gasteiger partial charge < -0.3 is 20.9 Å². The maximum Gasteiger partial charge on any atom is 0.413 e. The van der Waals surface area contributed by atoms with E-state index in [-0.39, 0.29) is 29.0 Å². The Morgan fingerprint density at radius 1 is 1.31 bits per heavy atom. The molecule has 1 aliphatic heterocycles. The number of benzene rings is 1. The highest BCUT2D eigenvalue weighted by molar-refractivity contribution is 5.99. The summed E-state index contributed by atoms with van der Waals surface area (Å²) in [6.45, 7) is 6.71. The number of nitrogens with zero attached hydrogens (tertiary/aromatic N) is 4. The molecule has 9 nitrogen and oxygen atoms in total. The fraction of sp³-hybridized carbons (Fsp3) is 0.385. The van der Waals surface area contributed by atoms with E-state index in [4.69, 9.17) is 10.5 Å². The van der Waals surface area contributed by atoms with E-state index in [0.29, 0.717) is 53.9 Å². The molecule has 36 heavy (non-hydrogen) atoms. The molecule has 0 saturated heterocycles. The predicted octanol–water partition coefficient (Wildman–Crippen LogP) is 4.94. The Hall–Kier alpha value is -4.13. The number of carbonyl (C=O) groups is 1. The van der Waals surface area contributed by atoms with E-state index in [1.54, 1.807) is 18.3 Å². The van der Waals surface area contributed by atoms with Crippen LogP contribution in [-0.4, -0.2) is 40.4 Å². The first-order valence-electron chi connectivity index (χ1n) is 11.8. The molecule has 4 N–H and O–H groups in total. The Balaban J connectivity index is 1.55. The van der Waals surface area contributed by atoms with Crippen LogP contribution in [0.15, 0.2) is 24.5 Å². The van der Waals surface area contributed by atoms with Crippen LogP contribution in [0.5, 0.6) is 5.88 Å². The Kier molecular flexibility index (Phi) is 5.58. The van der Waals surface area contributed by atoms with E-state index in [0.717, 1.165) is 5.56 Å². The zero-order chi connectivity index (χ0) is 25.8. The van der Waals surface area contributed by atoms with Crippen molar-refractivity contribution in [2.45, 2.75) is 39.7 Å². The lowest BCUT2D eigenvalue weighted by atomic mass is 9.65. The molecule has 1 amide bonds. The van der Waals surface area contributed by atoms with Crippen LogP contribution in [0.1, 0.15) is 32.3 Å². The van der Waals surface area contributed by atoms with Crippen molar-refractivity contribution in [1.82, 2.24) is 9.97 Å². The molecule has 1 aromatic carbocycles. The van der Waals surface area contributed by atoms with Gasteiger partial charge >= 0.3 is 6.09 Å². The first kappa shape index (κ1) is 23.6. The summed E-state index contributed by atoms with van der Waals surface area (Å²) in [5.74, 6) is 0.219. The number of nitrogens with two attached hydrogens (primary N) is 1. The second-order valence-corrected chi connectivity index (χ2v) is 9.98. The first-order chi connectivity index (χ1) is 17.1. The number of amides is 1. The van der Waals surface area contributed by atoms with Gasteiger partial charge in [0.1, 0.15) is 18.1 Å². The third-order valence-corrected chi connectivity index (χ3v) is 7.46. The van der Waals surface area contributed by atoms with Gasteiger partial charge in [0.15, 0.2) is 5.82 Å². The van der Waals surface area contributed by atoms with Crippen molar-refractivity contribution in [2.75, 3.05) is 29.1 Å². The van der Waals surface area contributed by atoms with Gasteiger partial charge in [0, 0.05) is 41.5 Å². The number of halogens is 1. The number of hydrogen-bond donors (Lipinski definition) is 3. The summed E-state index contributed by atoms with van der Waals surface area (Å²) in [4.78, 5) is 22.1. The van der Waals surface area contributed by atoms with Crippen molar-refractivity contribution in [3.05, 3.63) is 35.9 Å². The van der Waals surface area contributed by atoms with Gasteiger partial charge in [-0.05, 0) is 62.6 Å². The van der Waals surface area contributed by atoms with Crippen LogP contribution in [0.4, 0.5) is 26.4 Å². The molecular weight excluding hydrogens is 463 g/mol. The number of nitriles is 1. The Morgan fingerprint density at radius 2 is 2.06 bits per heavy atom. The lowest BCUT2D eigenvalue weighted by Gasteiger charge is -2.45. The number of aromatic nitrogens is 2. The topological polar surface area (TPSA) is 137 Å². The Morgan fingerprint density at radius 3 is 2.75 bits per heavy atom. The molecule has 3 heterocycles. The van der Waals surface area contributed by atoms with Gasteiger partial charge in [-0.1, -0.05) is 0 Å². The highest BCUT2D eigenvalue weighted by Crippen LogP contribution is 2.45. The van der Waals surface area contributed by atoms with Crippen LogP contribution in [0.2, 0.25) is 0 Å². The second kappa shape index (κ2) is 8.52. The van der Waals surface area contributed by atoms with Crippen LogP contribution >= 0.6 is 0 Å². The van der Waals surface area contributed by atoms with Crippen LogP contribution in [-0.2, 0) is 0 Å². The number of anilines is 3. The summed E-state index contributed by atoms with van der Waals surface area (Å²) >= 11 is 0. The molecule has 3 aromatic rings. The van der Waals surface area contributed by atoms with Crippen LogP contribution < -0.4 is 20.7 Å². The minimum Gasteiger partial charge on any atom is -0.474 e. The number of rotatable bonds is 4. The average molecular weight is 491 g/mol. The molecule has 1 fully saturated rings. The number of nitrogens with one attached hydrogen (secondary N) is 1. The van der Waals surface area contributed by atoms with Gasteiger partial charge in [-0.3, -0.25) is 4.90 Å². The summed E-state index contributed by atoms with van der Waals surface area (Å²) in [6.07, 6.45) is 2.97. The molecular formula is C26H27FN6O3. The SMILES string of the molecule is Cc1c(-c2cc3cc(N(C(=O)O)[C@H]4C[C@H](C(C)(C)C#N)C4)ncc3c(N)c2F)cnc2c1NCCO2. The quantitative estimate of drug-likeness (QED) is 0.437. The van der Waals surface area contributed by atoms with Crippen molar-refractivity contribution in [2.24, 2.45) is 11.3 Å². The van der Waals surface area contributed by atoms with Crippen molar-refractivity contribution in [3.8, 4) is 23.1 Å². The van der Waals surface area contributed by atoms with Crippen molar-refractivity contribution in [1.29, 1.82) is 5.26 Å². The molecule has 5 rings (SSSR count). The van der Waals surface area contributed by atoms with E-state index in [1.165, 1.54) is 11.1 Å². The zero-order valence-corrected chi connectivity index (χ0v) is 20.3. The smallest absolute Gasteiger partial charge is 0.413 e. The van der Waals surface area contributed by atoms with Gasteiger partial charge in [0.25, 0.3) is 0 Å². The van der Waals surface area contributed by atoms with E-state index in [1.807, 2.05) is 20.8 Å². The fourth-order valence-electron chi connectivity index (χ4n) is 5.03. The summed E-state index contributed by atoms with van der Waals surface area (Å²) in [7, 11) is 0. The number of nitrogen functional groups attached to an aromatic ring is 1. The van der Waals surface area contributed by atoms with Crippen LogP contribution in [0, 0.1) is 35.4 Å². The number of ether oxygens (including phenoxy) is 1. The molecule has 10 heteroatoms. The third-order valence-electron chi connectivity index (χ3n) is 7.46. The maximum atomic E-state index is 15.4. The molecule has 0 bridgehead atoms. The van der Waals surface area contributed by atoms with Gasteiger partial charge in [-0.15, -0.1) is 0 Å². The van der Waals surface area contributed by atoms with E-state index in [2.05, 4.69) is 21.4 Å². The van der Waals surface area contributed by atoms with E-state index >= 15 is 4.39 Å². The summed E-state index contributed by atoms with van der Waals surface area (Å²) in [5.41, 5.74) is 7.89. The minimum absolute atomic E-state index is 0.0655. The normalized spacial score (nSPS) is 18.9. The molecule has 0 radical (unpaired) electrons. The number of pyridine rings is 2. The van der Waals surface area contributed by atoms with Crippen molar-refractivity contribution < 1.29 is 19.0 Å². The Labute approximate surface area is 207 Å². The van der Waals surface area contributed by atoms with Gasteiger partial charge in [0.2, 0.25) is 5.88 Å². The van der Waals surface area contributed by atoms with E-state index < -0.39 is 17.3 Å². The monoisotopic (exact) mass is 490 g/mol. The van der Waals surface area contributed by atoms with Crippen LogP contribution in [0.25, 0.3) is 21.9 Å². The van der Waals surface area contributed by atoms with Crippen molar-refractivity contribution >= 4 is 34.1 Å². The first-order valence-corrected chi connectivity index (χ1v) is 11.8. The molecule has 2 aromatic heterocycles. The van der Waals surface area contributed by atoms with E-state index in [9.17, 15) is 15.2 Å². The standard InChI is InChI=1S/C26H27FN6O3/c1-13-18(10-32-24-23(13)30-4-5-36-24)17-6-14-7-20(31-11-19(14)22(29)21(17)27)33(25(34)35)16-8-15(9-16)26(2,3)12-28/h6-7,10-11,15-16,30H,4-5,8-9,29H2,1-3H3,(H,34,35)/t15-,16-. The second-order valence-electron chi connectivity index (χ2n) is 9.98. The largest absolute Gasteiger partial charge is 0.474 e. The van der Waals surface area contributed by atoms with Crippen molar-refractivity contribution in [3.63, 3.8) is 0 Å². The van der Waals surface area contributed by atoms with Gasteiger partial charge in [-0.2, -0.15) is 5.26 Å². The molecule has 1 saturated carbocycles. The number of carboxylic acid groups (broad SMARTS) is 1. The molecule has 0 unspecified atom stereocenters. The van der Waals surface area contributed by atoms with Crippen LogP contribution in [0.3, 0.4) is 0 Å². The highest BCUT2D eigenvalue weighted by Gasteiger charge is 2.44. The molecule has 1 aliphatic carbocycles. The summed E-state index contributed by atoms with van der Waals surface area (Å²) in [6, 6.07) is 5.28.